The van der Waals surface area contributed by atoms with Crippen LogP contribution >= 0.6 is 0 Å². The Bertz CT molecular complexity index is 303. The van der Waals surface area contributed by atoms with E-state index in [1.807, 2.05) is 12.5 Å². The Balaban J connectivity index is 2.35. The van der Waals surface area contributed by atoms with E-state index in [-0.39, 0.29) is 18.1 Å². The Morgan fingerprint density at radius 2 is 2.12 bits per heavy atom. The van der Waals surface area contributed by atoms with Gasteiger partial charge in [0, 0.05) is 25.0 Å². The number of nitrogens with zero attached hydrogens (tertiary/aromatic N) is 3. The minimum atomic E-state index is 0.110. The minimum absolute atomic E-state index is 0.110. The molecule has 1 aromatic rings. The topological polar surface area (TPSA) is 41.3 Å². The van der Waals surface area contributed by atoms with Crippen LogP contribution in [0.2, 0.25) is 0 Å². The lowest BCUT2D eigenvalue weighted by Gasteiger charge is -2.36. The van der Waals surface area contributed by atoms with Crippen molar-refractivity contribution in [3.63, 3.8) is 0 Å². The highest BCUT2D eigenvalue weighted by atomic mass is 16.3. The van der Waals surface area contributed by atoms with Crippen LogP contribution in [0.5, 0.6) is 0 Å². The van der Waals surface area contributed by atoms with Gasteiger partial charge in [0.25, 0.3) is 0 Å². The smallest absolute Gasteiger partial charge is 0.0945 e. The summed E-state index contributed by atoms with van der Waals surface area (Å²) in [6, 6.07) is 0.213. The van der Waals surface area contributed by atoms with E-state index in [0.717, 1.165) is 19.5 Å². The molecule has 0 radical (unpaired) electrons. The van der Waals surface area contributed by atoms with Crippen molar-refractivity contribution < 1.29 is 5.11 Å². The second-order valence-corrected chi connectivity index (χ2v) is 5.70. The zero-order valence-electron chi connectivity index (χ0n) is 11.4. The molecule has 1 unspecified atom stereocenters. The molecule has 0 fully saturated rings. The molecule has 0 saturated carbocycles. The molecule has 98 valence electrons. The third-order valence-corrected chi connectivity index (χ3v) is 3.19. The summed E-state index contributed by atoms with van der Waals surface area (Å²) >= 11 is 0. The van der Waals surface area contributed by atoms with E-state index >= 15 is 0 Å². The van der Waals surface area contributed by atoms with Crippen LogP contribution in [0.3, 0.4) is 0 Å². The Hall–Kier alpha value is -0.870. The van der Waals surface area contributed by atoms with Crippen LogP contribution in [0.15, 0.2) is 18.7 Å². The molecular weight excluding hydrogens is 214 g/mol. The highest BCUT2D eigenvalue weighted by Gasteiger charge is 2.27. The van der Waals surface area contributed by atoms with E-state index in [1.54, 1.807) is 6.20 Å². The van der Waals surface area contributed by atoms with Gasteiger partial charge in [0.1, 0.15) is 0 Å². The van der Waals surface area contributed by atoms with Crippen molar-refractivity contribution in [1.29, 1.82) is 0 Å². The molecule has 0 aliphatic heterocycles. The van der Waals surface area contributed by atoms with E-state index in [9.17, 15) is 5.11 Å². The predicted molar refractivity (Wildman–Crippen MR) is 69.8 cm³/mol. The van der Waals surface area contributed by atoms with Crippen LogP contribution in [-0.4, -0.2) is 45.8 Å². The summed E-state index contributed by atoms with van der Waals surface area (Å²) in [5, 5.41) is 9.46. The SMILES string of the molecule is CN(CCCn1ccnc1)C(CO)C(C)(C)C. The van der Waals surface area contributed by atoms with Gasteiger partial charge in [-0.05, 0) is 25.4 Å². The summed E-state index contributed by atoms with van der Waals surface area (Å²) in [6.07, 6.45) is 6.69. The second kappa shape index (κ2) is 6.17. The molecule has 1 N–H and O–H groups in total. The van der Waals surface area contributed by atoms with Crippen molar-refractivity contribution in [3.8, 4) is 0 Å². The Kier molecular flexibility index (Phi) is 5.15. The van der Waals surface area contributed by atoms with Gasteiger partial charge < -0.3 is 14.6 Å². The molecule has 1 aromatic heterocycles. The van der Waals surface area contributed by atoms with E-state index < -0.39 is 0 Å². The van der Waals surface area contributed by atoms with Gasteiger partial charge in [-0.1, -0.05) is 20.8 Å². The van der Waals surface area contributed by atoms with Gasteiger partial charge in [-0.15, -0.1) is 0 Å². The third kappa shape index (κ3) is 4.48. The van der Waals surface area contributed by atoms with E-state index in [2.05, 4.69) is 42.3 Å². The molecule has 1 atom stereocenters. The fourth-order valence-electron chi connectivity index (χ4n) is 2.15. The van der Waals surface area contributed by atoms with E-state index in [1.165, 1.54) is 0 Å². The van der Waals surface area contributed by atoms with Gasteiger partial charge >= 0.3 is 0 Å². The van der Waals surface area contributed by atoms with Gasteiger partial charge in [0.15, 0.2) is 0 Å². The highest BCUT2D eigenvalue weighted by Crippen LogP contribution is 2.23. The first-order valence-electron chi connectivity index (χ1n) is 6.22. The molecule has 1 heterocycles. The molecule has 0 aliphatic carbocycles. The first-order valence-corrected chi connectivity index (χ1v) is 6.22. The normalized spacial score (nSPS) is 14.2. The maximum Gasteiger partial charge on any atom is 0.0945 e. The van der Waals surface area contributed by atoms with E-state index in [0.29, 0.717) is 0 Å². The summed E-state index contributed by atoms with van der Waals surface area (Å²) < 4.78 is 2.08. The van der Waals surface area contributed by atoms with Gasteiger partial charge in [-0.3, -0.25) is 0 Å². The van der Waals surface area contributed by atoms with Gasteiger partial charge in [-0.25, -0.2) is 4.98 Å². The first-order chi connectivity index (χ1) is 7.95. The van der Waals surface area contributed by atoms with Crippen molar-refractivity contribution >= 4 is 0 Å². The Labute approximate surface area is 104 Å². The molecule has 17 heavy (non-hydrogen) atoms. The van der Waals surface area contributed by atoms with Crippen LogP contribution in [0.4, 0.5) is 0 Å². The molecule has 4 nitrogen and oxygen atoms in total. The summed E-state index contributed by atoms with van der Waals surface area (Å²) in [6.45, 7) is 8.68. The molecular formula is C13H25N3O. The van der Waals surface area contributed by atoms with Crippen molar-refractivity contribution in [3.05, 3.63) is 18.7 Å². The van der Waals surface area contributed by atoms with Crippen molar-refractivity contribution in [1.82, 2.24) is 14.5 Å². The van der Waals surface area contributed by atoms with E-state index in [4.69, 9.17) is 0 Å². The lowest BCUT2D eigenvalue weighted by atomic mass is 9.86. The predicted octanol–water partition coefficient (Wildman–Crippen LogP) is 1.61. The molecule has 4 heteroatoms. The number of aromatic nitrogens is 2. The summed E-state index contributed by atoms with van der Waals surface area (Å²) in [7, 11) is 2.08. The average molecular weight is 239 g/mol. The Morgan fingerprint density at radius 3 is 2.59 bits per heavy atom. The molecule has 1 rings (SSSR count). The van der Waals surface area contributed by atoms with Gasteiger partial charge in [-0.2, -0.15) is 0 Å². The largest absolute Gasteiger partial charge is 0.395 e. The summed E-state index contributed by atoms with van der Waals surface area (Å²) in [5.74, 6) is 0. The van der Waals surface area contributed by atoms with Crippen LogP contribution in [0.1, 0.15) is 27.2 Å². The van der Waals surface area contributed by atoms with Crippen LogP contribution in [0, 0.1) is 5.41 Å². The fraction of sp³-hybridized carbons (Fsp3) is 0.769. The monoisotopic (exact) mass is 239 g/mol. The molecule has 0 aliphatic rings. The van der Waals surface area contributed by atoms with Crippen molar-refractivity contribution in [2.75, 3.05) is 20.2 Å². The number of aliphatic hydroxyl groups is 1. The fourth-order valence-corrected chi connectivity index (χ4v) is 2.15. The van der Waals surface area contributed by atoms with Crippen molar-refractivity contribution in [2.45, 2.75) is 39.8 Å². The number of aliphatic hydroxyl groups excluding tert-OH is 1. The second-order valence-electron chi connectivity index (χ2n) is 5.70. The number of rotatable bonds is 6. The number of likely N-dealkylation sites (N-methyl/N-ethyl adjacent to an activating group) is 1. The van der Waals surface area contributed by atoms with Crippen LogP contribution in [-0.2, 0) is 6.54 Å². The molecule has 0 amide bonds. The van der Waals surface area contributed by atoms with Gasteiger partial charge in [0.05, 0.1) is 12.9 Å². The maximum absolute atomic E-state index is 9.46. The van der Waals surface area contributed by atoms with Crippen LogP contribution in [0.25, 0.3) is 0 Å². The standard InChI is InChI=1S/C13H25N3O/c1-13(2,3)12(10-17)15(4)7-5-8-16-9-6-14-11-16/h6,9,11-12,17H,5,7-8,10H2,1-4H3. The lowest BCUT2D eigenvalue weighted by Crippen LogP contribution is -2.44. The zero-order valence-corrected chi connectivity index (χ0v) is 11.4. The quantitative estimate of drug-likeness (QED) is 0.820. The molecule has 0 saturated heterocycles. The number of hydrogen-bond donors (Lipinski definition) is 1. The maximum atomic E-state index is 9.46. The lowest BCUT2D eigenvalue weighted by molar-refractivity contribution is 0.0648. The highest BCUT2D eigenvalue weighted by molar-refractivity contribution is 4.81. The molecule has 0 bridgehead atoms. The first kappa shape index (κ1) is 14.2. The van der Waals surface area contributed by atoms with Gasteiger partial charge in [0.2, 0.25) is 0 Å². The van der Waals surface area contributed by atoms with Crippen molar-refractivity contribution in [2.24, 2.45) is 5.41 Å². The average Bonchev–Trinajstić information content (AvgIpc) is 2.69. The third-order valence-electron chi connectivity index (χ3n) is 3.19. The number of imidazole rings is 1. The molecule has 0 spiro atoms. The number of aryl methyl sites for hydroxylation is 1. The number of hydrogen-bond acceptors (Lipinski definition) is 3. The Morgan fingerprint density at radius 1 is 1.41 bits per heavy atom. The summed E-state index contributed by atoms with van der Waals surface area (Å²) in [4.78, 5) is 6.27. The summed E-state index contributed by atoms with van der Waals surface area (Å²) in [5.41, 5.74) is 0.110. The minimum Gasteiger partial charge on any atom is -0.395 e. The molecule has 0 aromatic carbocycles. The zero-order chi connectivity index (χ0) is 12.9. The van der Waals surface area contributed by atoms with Crippen LogP contribution < -0.4 is 0 Å².